The largest absolute Gasteiger partial charge is 0.480 e. The monoisotopic (exact) mass is 488 g/mol. The van der Waals surface area contributed by atoms with Gasteiger partial charge in [-0.3, -0.25) is 29.0 Å². The van der Waals surface area contributed by atoms with Gasteiger partial charge in [-0.15, -0.1) is 0 Å². The highest BCUT2D eigenvalue weighted by Gasteiger charge is 2.20. The molecular weight excluding hydrogens is 460 g/mol. The molecule has 14 nitrogen and oxygen atoms in total. The van der Waals surface area contributed by atoms with Crippen molar-refractivity contribution >= 4 is 35.8 Å². The Morgan fingerprint density at radius 2 is 0.912 bits per heavy atom. The molecule has 190 valence electrons. The number of hydrogen-bond donors (Lipinski definition) is 2. The Bertz CT molecular complexity index is 690. The van der Waals surface area contributed by atoms with Crippen LogP contribution >= 0.6 is 0 Å². The third-order valence-corrected chi connectivity index (χ3v) is 3.67. The summed E-state index contributed by atoms with van der Waals surface area (Å²) in [5.74, 6) is -5.47. The fourth-order valence-corrected chi connectivity index (χ4v) is 2.26. The zero-order chi connectivity index (χ0) is 25.9. The van der Waals surface area contributed by atoms with E-state index in [2.05, 4.69) is 22.6 Å². The lowest BCUT2D eigenvalue weighted by molar-refractivity contribution is -0.152. The Labute approximate surface area is 195 Å². The van der Waals surface area contributed by atoms with E-state index in [0.29, 0.717) is 0 Å². The van der Waals surface area contributed by atoms with Crippen LogP contribution in [0.3, 0.4) is 0 Å². The minimum absolute atomic E-state index is 0.0929. The number of carboxylic acids is 2. The molecule has 0 aromatic heterocycles. The molecule has 34 heavy (non-hydrogen) atoms. The van der Waals surface area contributed by atoms with Gasteiger partial charge in [-0.05, 0) is 0 Å². The first-order valence-electron chi connectivity index (χ1n) is 9.85. The van der Waals surface area contributed by atoms with Crippen LogP contribution in [-0.2, 0) is 47.7 Å². The van der Waals surface area contributed by atoms with Gasteiger partial charge in [0.1, 0.15) is 26.4 Å². The minimum atomic E-state index is -1.24. The van der Waals surface area contributed by atoms with Crippen LogP contribution < -0.4 is 0 Å². The second-order valence-corrected chi connectivity index (χ2v) is 6.39. The summed E-state index contributed by atoms with van der Waals surface area (Å²) in [6, 6.07) is 0. The summed E-state index contributed by atoms with van der Waals surface area (Å²) < 4.78 is 19.0. The normalized spacial score (nSPS) is 10.3. The van der Waals surface area contributed by atoms with Gasteiger partial charge in [-0.2, -0.15) is 0 Å². The predicted molar refractivity (Wildman–Crippen MR) is 112 cm³/mol. The van der Waals surface area contributed by atoms with Crippen molar-refractivity contribution in [3.05, 3.63) is 25.3 Å². The zero-order valence-electron chi connectivity index (χ0n) is 18.5. The van der Waals surface area contributed by atoms with Gasteiger partial charge in [0.2, 0.25) is 0 Å². The maximum Gasteiger partial charge on any atom is 0.330 e. The van der Waals surface area contributed by atoms with Gasteiger partial charge >= 0.3 is 35.8 Å². The lowest BCUT2D eigenvalue weighted by Gasteiger charge is -2.24. The number of esters is 4. The number of carboxylic acid groups (broad SMARTS) is 2. The maximum absolute atomic E-state index is 11.9. The smallest absolute Gasteiger partial charge is 0.330 e. The number of ether oxygens (including phenoxy) is 4. The molecule has 0 fully saturated rings. The van der Waals surface area contributed by atoms with Gasteiger partial charge in [0, 0.05) is 25.2 Å². The van der Waals surface area contributed by atoms with Crippen molar-refractivity contribution in [1.29, 1.82) is 0 Å². The summed E-state index contributed by atoms with van der Waals surface area (Å²) in [5.41, 5.74) is 0. The van der Waals surface area contributed by atoms with Crippen LogP contribution in [0.1, 0.15) is 0 Å². The standard InChI is InChI=1S/C20H28N2O12/c1-3-17(27)31-7-9-33-19(29)13-21(11-15(23)24)5-6-22(12-16(25)26)14-20(30)34-10-8-32-18(28)4-2/h3-4H,1-2,5-14H2,(H,23,24)(H,25,26). The van der Waals surface area contributed by atoms with Crippen molar-refractivity contribution in [3.8, 4) is 0 Å². The van der Waals surface area contributed by atoms with E-state index in [0.717, 1.165) is 12.2 Å². The fourth-order valence-electron chi connectivity index (χ4n) is 2.26. The molecule has 0 aromatic carbocycles. The molecule has 0 rings (SSSR count). The number of carbonyl (C=O) groups excluding carboxylic acids is 4. The van der Waals surface area contributed by atoms with Gasteiger partial charge < -0.3 is 29.2 Å². The third-order valence-electron chi connectivity index (χ3n) is 3.67. The summed E-state index contributed by atoms with van der Waals surface area (Å²) in [7, 11) is 0. The van der Waals surface area contributed by atoms with Crippen LogP contribution in [0.4, 0.5) is 0 Å². The van der Waals surface area contributed by atoms with E-state index in [9.17, 15) is 28.8 Å². The quantitative estimate of drug-likeness (QED) is 0.0907. The molecule has 0 aliphatic heterocycles. The summed E-state index contributed by atoms with van der Waals surface area (Å²) in [4.78, 5) is 70.2. The third kappa shape index (κ3) is 16.9. The van der Waals surface area contributed by atoms with Crippen LogP contribution in [0.15, 0.2) is 25.3 Å². The van der Waals surface area contributed by atoms with E-state index in [1.165, 1.54) is 9.80 Å². The van der Waals surface area contributed by atoms with E-state index < -0.39 is 62.0 Å². The molecule has 0 spiro atoms. The molecular formula is C20H28N2O12. The van der Waals surface area contributed by atoms with Crippen molar-refractivity contribution in [2.45, 2.75) is 0 Å². The van der Waals surface area contributed by atoms with Gasteiger partial charge in [0.15, 0.2) is 0 Å². The van der Waals surface area contributed by atoms with Gasteiger partial charge in [-0.1, -0.05) is 13.2 Å². The van der Waals surface area contributed by atoms with Crippen molar-refractivity contribution < 1.29 is 57.9 Å². The second kappa shape index (κ2) is 17.7. The second-order valence-electron chi connectivity index (χ2n) is 6.39. The van der Waals surface area contributed by atoms with Crippen molar-refractivity contribution in [2.24, 2.45) is 0 Å². The Hall–Kier alpha value is -3.78. The molecule has 0 atom stereocenters. The first-order valence-corrected chi connectivity index (χ1v) is 9.85. The van der Waals surface area contributed by atoms with Crippen LogP contribution in [0, 0.1) is 0 Å². The lowest BCUT2D eigenvalue weighted by Crippen LogP contribution is -2.44. The highest BCUT2D eigenvalue weighted by atomic mass is 16.6. The molecule has 0 radical (unpaired) electrons. The first-order chi connectivity index (χ1) is 16.1. The molecule has 0 aromatic rings. The predicted octanol–water partition coefficient (Wildman–Crippen LogP) is -1.70. The summed E-state index contributed by atoms with van der Waals surface area (Å²) >= 11 is 0. The molecule has 0 saturated heterocycles. The maximum atomic E-state index is 11.9. The zero-order valence-corrected chi connectivity index (χ0v) is 18.5. The highest BCUT2D eigenvalue weighted by Crippen LogP contribution is 1.97. The van der Waals surface area contributed by atoms with Gasteiger partial charge in [0.25, 0.3) is 0 Å². The van der Waals surface area contributed by atoms with Gasteiger partial charge in [0.05, 0.1) is 26.2 Å². The molecule has 0 heterocycles. The number of nitrogens with zero attached hydrogens (tertiary/aromatic N) is 2. The van der Waals surface area contributed by atoms with Crippen molar-refractivity contribution in [2.75, 3.05) is 65.7 Å². The Morgan fingerprint density at radius 3 is 1.21 bits per heavy atom. The van der Waals surface area contributed by atoms with Crippen LogP contribution in [-0.4, -0.2) is 122 Å². The fraction of sp³-hybridized carbons (Fsp3) is 0.500. The van der Waals surface area contributed by atoms with Crippen LogP contribution in [0.25, 0.3) is 0 Å². The molecule has 2 N–H and O–H groups in total. The number of rotatable bonds is 19. The molecule has 0 aliphatic carbocycles. The van der Waals surface area contributed by atoms with Crippen molar-refractivity contribution in [1.82, 2.24) is 9.80 Å². The number of hydrogen-bond acceptors (Lipinski definition) is 12. The minimum Gasteiger partial charge on any atom is -0.480 e. The molecule has 14 heteroatoms. The Kier molecular flexibility index (Phi) is 15.8. The lowest BCUT2D eigenvalue weighted by atomic mass is 10.4. The highest BCUT2D eigenvalue weighted by molar-refractivity contribution is 5.81. The molecule has 0 saturated carbocycles. The van der Waals surface area contributed by atoms with E-state index in [1.807, 2.05) is 0 Å². The molecule has 0 amide bonds. The van der Waals surface area contributed by atoms with E-state index in [1.54, 1.807) is 0 Å². The number of aliphatic carboxylic acids is 2. The molecule has 0 aliphatic rings. The van der Waals surface area contributed by atoms with Gasteiger partial charge in [-0.25, -0.2) is 9.59 Å². The summed E-state index contributed by atoms with van der Waals surface area (Å²) in [6.07, 6.45) is 1.87. The first kappa shape index (κ1) is 30.2. The van der Waals surface area contributed by atoms with Crippen molar-refractivity contribution in [3.63, 3.8) is 0 Å². The Balaban J connectivity index is 4.69. The summed E-state index contributed by atoms with van der Waals surface area (Å²) in [5, 5.41) is 18.1. The average molecular weight is 488 g/mol. The number of carbonyl (C=O) groups is 6. The molecule has 0 bridgehead atoms. The average Bonchev–Trinajstić information content (AvgIpc) is 2.76. The van der Waals surface area contributed by atoms with E-state index in [-0.39, 0.29) is 39.5 Å². The van der Waals surface area contributed by atoms with Crippen LogP contribution in [0.5, 0.6) is 0 Å². The molecule has 0 unspecified atom stereocenters. The Morgan fingerprint density at radius 1 is 0.588 bits per heavy atom. The van der Waals surface area contributed by atoms with Crippen LogP contribution in [0.2, 0.25) is 0 Å². The topological polar surface area (TPSA) is 186 Å². The van der Waals surface area contributed by atoms with E-state index >= 15 is 0 Å². The summed E-state index contributed by atoms with van der Waals surface area (Å²) in [6.45, 7) is 3.30. The van der Waals surface area contributed by atoms with E-state index in [4.69, 9.17) is 19.7 Å². The SMILES string of the molecule is C=CC(=O)OCCOC(=O)CN(CCN(CC(=O)O)CC(=O)OCCOC(=O)C=C)CC(=O)O.